The topological polar surface area (TPSA) is 174 Å². The monoisotopic (exact) mass is 665 g/mol. The number of para-hydroxylation sites is 1. The number of carbonyl (C=O) groups excluding carboxylic acids is 5. The van der Waals surface area contributed by atoms with Crippen LogP contribution in [0.4, 0.5) is 10.5 Å². The number of aliphatic carboxylic acids is 1. The maximum atomic E-state index is 14.3. The third-order valence-corrected chi connectivity index (χ3v) is 10.2. The van der Waals surface area contributed by atoms with E-state index in [-0.39, 0.29) is 31.2 Å². The van der Waals surface area contributed by atoms with Crippen LogP contribution in [-0.4, -0.2) is 88.6 Å². The van der Waals surface area contributed by atoms with Gasteiger partial charge in [0, 0.05) is 25.8 Å². The number of anilines is 1. The summed E-state index contributed by atoms with van der Waals surface area (Å²) in [5.41, 5.74) is 0.222. The molecule has 5 rings (SSSR count). The minimum Gasteiger partial charge on any atom is -0.479 e. The van der Waals surface area contributed by atoms with E-state index in [9.17, 15) is 33.9 Å². The van der Waals surface area contributed by atoms with Gasteiger partial charge in [-0.05, 0) is 49.1 Å². The van der Waals surface area contributed by atoms with Gasteiger partial charge in [0.25, 0.3) is 0 Å². The third kappa shape index (κ3) is 7.19. The molecule has 1 saturated heterocycles. The normalized spacial score (nSPS) is 26.2. The van der Waals surface area contributed by atoms with Gasteiger partial charge in [-0.2, -0.15) is 0 Å². The van der Waals surface area contributed by atoms with Crippen molar-refractivity contribution in [3.8, 4) is 0 Å². The fourth-order valence-electron chi connectivity index (χ4n) is 7.45. The molecule has 6 atom stereocenters. The van der Waals surface area contributed by atoms with Crippen LogP contribution in [0.3, 0.4) is 0 Å². The first-order chi connectivity index (χ1) is 22.9. The summed E-state index contributed by atoms with van der Waals surface area (Å²) in [5, 5.41) is 18.2. The molecule has 48 heavy (non-hydrogen) atoms. The highest BCUT2D eigenvalue weighted by Crippen LogP contribution is 2.45. The lowest BCUT2D eigenvalue weighted by Gasteiger charge is -2.34. The Bertz CT molecular complexity index is 1460. The SMILES string of the molecule is C=C[C@@H]1C[C@]1(NC(=O)[C@@H]1C[C@@H](OC(=O)N2CCc3ccccc32)CN1C(=O)[C@@H](NC(=O)[C@@H](NC(C)=O)C1CCCCC1)C(C)C)C(=O)O. The molecule has 2 saturated carbocycles. The maximum absolute atomic E-state index is 14.3. The van der Waals surface area contributed by atoms with Gasteiger partial charge in [0.1, 0.15) is 29.8 Å². The van der Waals surface area contributed by atoms with Crippen LogP contribution in [0.2, 0.25) is 0 Å². The van der Waals surface area contributed by atoms with Crippen molar-refractivity contribution in [2.75, 3.05) is 18.0 Å². The van der Waals surface area contributed by atoms with Gasteiger partial charge in [0.2, 0.25) is 23.6 Å². The Morgan fingerprint density at radius 3 is 2.40 bits per heavy atom. The van der Waals surface area contributed by atoms with Crippen LogP contribution in [-0.2, 0) is 35.1 Å². The lowest BCUT2D eigenvalue weighted by atomic mass is 9.83. The number of hydrogen-bond donors (Lipinski definition) is 4. The highest BCUT2D eigenvalue weighted by atomic mass is 16.6. The van der Waals surface area contributed by atoms with Crippen LogP contribution < -0.4 is 20.9 Å². The molecule has 2 aliphatic heterocycles. The first-order valence-corrected chi connectivity index (χ1v) is 17.0. The first kappa shape index (κ1) is 34.9. The number of likely N-dealkylation sites (tertiary alicyclic amines) is 1. The zero-order valence-corrected chi connectivity index (χ0v) is 27.9. The smallest absolute Gasteiger partial charge is 0.414 e. The van der Waals surface area contributed by atoms with Crippen molar-refractivity contribution < 1.29 is 38.6 Å². The standard InChI is InChI=1S/C35H47N5O8/c1-5-24-18-35(24,33(45)46)38-30(42)27-17-25(48-34(47)39-16-15-22-11-9-10-14-26(22)39)19-40(27)32(44)28(20(2)3)37-31(43)29(36-21(4)41)23-12-7-6-8-13-23/h5,9-11,14,20,23-25,27-29H,1,6-8,12-13,15-19H2,2-4H3,(H,36,41)(H,37,43)(H,38,42)(H,45,46)/t24-,25-,27+,28+,29+,35-/m1/s1. The number of carboxylic acids is 1. The Kier molecular flexibility index (Phi) is 10.4. The van der Waals surface area contributed by atoms with Crippen LogP contribution in [0.5, 0.6) is 0 Å². The van der Waals surface area contributed by atoms with Crippen molar-refractivity contribution in [2.24, 2.45) is 17.8 Å². The molecule has 4 aliphatic rings. The van der Waals surface area contributed by atoms with E-state index in [1.165, 1.54) is 22.8 Å². The van der Waals surface area contributed by atoms with Gasteiger partial charge in [-0.15, -0.1) is 6.58 Å². The van der Waals surface area contributed by atoms with Gasteiger partial charge in [0.05, 0.1) is 12.2 Å². The largest absolute Gasteiger partial charge is 0.479 e. The van der Waals surface area contributed by atoms with E-state index in [1.807, 2.05) is 24.3 Å². The Balaban J connectivity index is 1.36. The van der Waals surface area contributed by atoms with Gasteiger partial charge in [-0.25, -0.2) is 9.59 Å². The Morgan fingerprint density at radius 2 is 1.77 bits per heavy atom. The Labute approximate surface area is 280 Å². The number of rotatable bonds is 11. The number of benzene rings is 1. The second-order valence-electron chi connectivity index (χ2n) is 13.9. The minimum absolute atomic E-state index is 0.0530. The summed E-state index contributed by atoms with van der Waals surface area (Å²) in [5.74, 6) is -4.22. The van der Waals surface area contributed by atoms with Gasteiger partial charge in [-0.3, -0.25) is 24.1 Å². The molecule has 2 aliphatic carbocycles. The number of ether oxygens (including phenoxy) is 1. The van der Waals surface area contributed by atoms with Crippen molar-refractivity contribution in [3.05, 3.63) is 42.5 Å². The average molecular weight is 666 g/mol. The van der Waals surface area contributed by atoms with Crippen molar-refractivity contribution in [3.63, 3.8) is 0 Å². The number of fused-ring (bicyclic) bond motifs is 1. The molecule has 5 amide bonds. The zero-order chi connectivity index (χ0) is 34.7. The lowest BCUT2D eigenvalue weighted by Crippen LogP contribution is -2.60. The lowest BCUT2D eigenvalue weighted by molar-refractivity contribution is -0.146. The number of carbonyl (C=O) groups is 6. The van der Waals surface area contributed by atoms with Crippen LogP contribution in [0.25, 0.3) is 0 Å². The van der Waals surface area contributed by atoms with Crippen LogP contribution >= 0.6 is 0 Å². The highest BCUT2D eigenvalue weighted by Gasteiger charge is 2.61. The minimum atomic E-state index is -1.53. The summed E-state index contributed by atoms with van der Waals surface area (Å²) >= 11 is 0. The van der Waals surface area contributed by atoms with Gasteiger partial charge in [-0.1, -0.05) is 57.4 Å². The molecular formula is C35H47N5O8. The Hall–Kier alpha value is -4.42. The predicted molar refractivity (Wildman–Crippen MR) is 176 cm³/mol. The summed E-state index contributed by atoms with van der Waals surface area (Å²) in [4.78, 5) is 82.2. The fraction of sp³-hybridized carbons (Fsp3) is 0.600. The molecular weight excluding hydrogens is 618 g/mol. The van der Waals surface area contributed by atoms with E-state index in [1.54, 1.807) is 13.8 Å². The van der Waals surface area contributed by atoms with Crippen molar-refractivity contribution in [2.45, 2.75) is 102 Å². The van der Waals surface area contributed by atoms with Crippen LogP contribution in [0.1, 0.15) is 71.3 Å². The summed E-state index contributed by atoms with van der Waals surface area (Å²) in [6.07, 6.45) is 5.30. The highest BCUT2D eigenvalue weighted by molar-refractivity contribution is 5.97. The maximum Gasteiger partial charge on any atom is 0.414 e. The van der Waals surface area contributed by atoms with Crippen molar-refractivity contribution in [1.82, 2.24) is 20.9 Å². The van der Waals surface area contributed by atoms with E-state index in [0.717, 1.165) is 43.4 Å². The molecule has 0 bridgehead atoms. The molecule has 260 valence electrons. The molecule has 0 spiro atoms. The molecule has 1 aromatic carbocycles. The number of amides is 5. The molecule has 0 unspecified atom stereocenters. The quantitative estimate of drug-likeness (QED) is 0.261. The summed E-state index contributed by atoms with van der Waals surface area (Å²) in [6.45, 7) is 8.86. The van der Waals surface area contributed by atoms with E-state index >= 15 is 0 Å². The summed E-state index contributed by atoms with van der Waals surface area (Å²) in [6, 6.07) is 4.46. The van der Waals surface area contributed by atoms with E-state index in [2.05, 4.69) is 22.5 Å². The summed E-state index contributed by atoms with van der Waals surface area (Å²) < 4.78 is 5.88. The number of carboxylic acid groups (broad SMARTS) is 1. The molecule has 13 nitrogen and oxygen atoms in total. The van der Waals surface area contributed by atoms with E-state index in [4.69, 9.17) is 4.74 Å². The number of hydrogen-bond acceptors (Lipinski definition) is 7. The average Bonchev–Trinajstić information content (AvgIpc) is 3.37. The molecule has 3 fully saturated rings. The zero-order valence-electron chi connectivity index (χ0n) is 27.9. The van der Waals surface area contributed by atoms with Crippen molar-refractivity contribution in [1.29, 1.82) is 0 Å². The van der Waals surface area contributed by atoms with Crippen LogP contribution in [0, 0.1) is 17.8 Å². The Morgan fingerprint density at radius 1 is 1.06 bits per heavy atom. The van der Waals surface area contributed by atoms with E-state index < -0.39 is 71.4 Å². The molecule has 0 aromatic heterocycles. The molecule has 4 N–H and O–H groups in total. The third-order valence-electron chi connectivity index (χ3n) is 10.2. The number of nitrogens with zero attached hydrogens (tertiary/aromatic N) is 2. The van der Waals surface area contributed by atoms with Crippen molar-refractivity contribution >= 4 is 41.4 Å². The molecule has 1 aromatic rings. The molecule has 2 heterocycles. The van der Waals surface area contributed by atoms with Gasteiger partial charge < -0.3 is 30.7 Å². The molecule has 13 heteroatoms. The van der Waals surface area contributed by atoms with Gasteiger partial charge >= 0.3 is 12.1 Å². The number of nitrogens with one attached hydrogen (secondary N) is 3. The molecule has 0 radical (unpaired) electrons. The summed E-state index contributed by atoms with van der Waals surface area (Å²) in [7, 11) is 0. The first-order valence-electron chi connectivity index (χ1n) is 17.0. The van der Waals surface area contributed by atoms with Gasteiger partial charge in [0.15, 0.2) is 0 Å². The second kappa shape index (κ2) is 14.4. The predicted octanol–water partition coefficient (Wildman–Crippen LogP) is 2.53. The van der Waals surface area contributed by atoms with Crippen LogP contribution in [0.15, 0.2) is 36.9 Å². The van der Waals surface area contributed by atoms with E-state index in [0.29, 0.717) is 13.0 Å². The second-order valence-corrected chi connectivity index (χ2v) is 13.9. The fourth-order valence-corrected chi connectivity index (χ4v) is 7.45.